The molecule has 1 unspecified atom stereocenters. The van der Waals surface area contributed by atoms with Crippen LogP contribution >= 0.6 is 0 Å². The Bertz CT molecular complexity index is 214. The molecule has 1 rings (SSSR count). The van der Waals surface area contributed by atoms with E-state index in [9.17, 15) is 4.79 Å². The Morgan fingerprint density at radius 2 is 2.12 bits per heavy atom. The highest BCUT2D eigenvalue weighted by molar-refractivity contribution is 5.75. The molecule has 0 amide bonds. The highest BCUT2D eigenvalue weighted by Crippen LogP contribution is 2.23. The van der Waals surface area contributed by atoms with Gasteiger partial charge in [0.05, 0.1) is 12.7 Å². The molecule has 1 aliphatic rings. The van der Waals surface area contributed by atoms with Gasteiger partial charge in [0.15, 0.2) is 0 Å². The van der Waals surface area contributed by atoms with Crippen molar-refractivity contribution >= 4 is 5.97 Å². The van der Waals surface area contributed by atoms with E-state index in [0.717, 1.165) is 25.7 Å². The van der Waals surface area contributed by atoms with E-state index in [2.05, 4.69) is 12.2 Å². The Labute approximate surface area is 97.7 Å². The maximum atomic E-state index is 11.6. The molecule has 1 atom stereocenters. The second-order valence-electron chi connectivity index (χ2n) is 4.29. The normalized spacial score (nSPS) is 25.9. The summed E-state index contributed by atoms with van der Waals surface area (Å²) in [4.78, 5) is 11.6. The van der Waals surface area contributed by atoms with E-state index in [4.69, 9.17) is 9.47 Å². The maximum Gasteiger partial charge on any atom is 0.323 e. The zero-order valence-electron chi connectivity index (χ0n) is 10.5. The highest BCUT2D eigenvalue weighted by Gasteiger charge is 2.32. The van der Waals surface area contributed by atoms with Crippen LogP contribution < -0.4 is 5.32 Å². The van der Waals surface area contributed by atoms with Gasteiger partial charge >= 0.3 is 5.97 Å². The van der Waals surface area contributed by atoms with E-state index in [0.29, 0.717) is 18.8 Å². The van der Waals surface area contributed by atoms with Crippen molar-refractivity contribution in [2.75, 3.05) is 13.7 Å². The monoisotopic (exact) mass is 229 g/mol. The average molecular weight is 229 g/mol. The molecule has 0 aliphatic heterocycles. The van der Waals surface area contributed by atoms with Crippen molar-refractivity contribution in [2.24, 2.45) is 0 Å². The number of ether oxygens (including phenoxy) is 2. The molecular formula is C12H23NO3. The Balaban J connectivity index is 2.31. The van der Waals surface area contributed by atoms with Crippen LogP contribution in [0.3, 0.4) is 0 Å². The van der Waals surface area contributed by atoms with Crippen LogP contribution in [-0.2, 0) is 14.3 Å². The van der Waals surface area contributed by atoms with E-state index in [-0.39, 0.29) is 12.0 Å². The van der Waals surface area contributed by atoms with E-state index in [1.165, 1.54) is 0 Å². The second-order valence-corrected chi connectivity index (χ2v) is 4.29. The number of rotatable bonds is 7. The largest absolute Gasteiger partial charge is 0.465 e. The van der Waals surface area contributed by atoms with Crippen molar-refractivity contribution in [2.45, 2.75) is 57.7 Å². The Hall–Kier alpha value is -0.610. The van der Waals surface area contributed by atoms with Gasteiger partial charge in [0, 0.05) is 13.2 Å². The van der Waals surface area contributed by atoms with Crippen LogP contribution in [0.4, 0.5) is 0 Å². The molecule has 0 spiro atoms. The lowest BCUT2D eigenvalue weighted by Gasteiger charge is -2.36. The third-order valence-electron chi connectivity index (χ3n) is 3.01. The van der Waals surface area contributed by atoms with Crippen LogP contribution in [0.1, 0.15) is 39.5 Å². The molecule has 4 heteroatoms. The predicted octanol–water partition coefficient (Wildman–Crippen LogP) is 1.49. The zero-order valence-corrected chi connectivity index (χ0v) is 10.5. The smallest absolute Gasteiger partial charge is 0.323 e. The standard InChI is InChI=1S/C12H23NO3/c1-4-6-11(12(14)16-5-2)13-9-7-10(8-9)15-3/h9-11,13H,4-8H2,1-3H3. The van der Waals surface area contributed by atoms with Gasteiger partial charge in [-0.15, -0.1) is 0 Å². The molecule has 16 heavy (non-hydrogen) atoms. The first-order valence-electron chi connectivity index (χ1n) is 6.16. The van der Waals surface area contributed by atoms with Crippen molar-refractivity contribution in [1.29, 1.82) is 0 Å². The number of carbonyl (C=O) groups excluding carboxylic acids is 1. The van der Waals surface area contributed by atoms with Gasteiger partial charge in [-0.3, -0.25) is 4.79 Å². The van der Waals surface area contributed by atoms with Crippen LogP contribution in [0.15, 0.2) is 0 Å². The van der Waals surface area contributed by atoms with E-state index in [1.54, 1.807) is 7.11 Å². The number of methoxy groups -OCH3 is 1. The van der Waals surface area contributed by atoms with Crippen LogP contribution in [0, 0.1) is 0 Å². The average Bonchev–Trinajstić information content (AvgIpc) is 2.21. The molecule has 94 valence electrons. The second kappa shape index (κ2) is 6.86. The number of nitrogens with one attached hydrogen (secondary N) is 1. The molecule has 0 radical (unpaired) electrons. The molecule has 1 N–H and O–H groups in total. The summed E-state index contributed by atoms with van der Waals surface area (Å²) in [6.45, 7) is 4.37. The molecule has 0 aromatic rings. The SMILES string of the molecule is CCCC(NC1CC(OC)C1)C(=O)OCC. The van der Waals surface area contributed by atoms with Gasteiger partial charge in [-0.05, 0) is 26.2 Å². The first-order chi connectivity index (χ1) is 7.71. The predicted molar refractivity (Wildman–Crippen MR) is 62.3 cm³/mol. The lowest BCUT2D eigenvalue weighted by Crippen LogP contribution is -2.52. The molecule has 0 saturated heterocycles. The summed E-state index contributed by atoms with van der Waals surface area (Å²) in [6.07, 6.45) is 4.18. The first-order valence-corrected chi connectivity index (χ1v) is 6.16. The Kier molecular flexibility index (Phi) is 5.77. The minimum atomic E-state index is -0.146. The van der Waals surface area contributed by atoms with E-state index < -0.39 is 0 Å². The van der Waals surface area contributed by atoms with Gasteiger partial charge in [0.2, 0.25) is 0 Å². The van der Waals surface area contributed by atoms with Crippen LogP contribution in [0.5, 0.6) is 0 Å². The topological polar surface area (TPSA) is 47.6 Å². The lowest BCUT2D eigenvalue weighted by atomic mass is 9.88. The first kappa shape index (κ1) is 13.5. The minimum Gasteiger partial charge on any atom is -0.465 e. The summed E-state index contributed by atoms with van der Waals surface area (Å²) in [6, 6.07) is 0.263. The molecule has 1 saturated carbocycles. The van der Waals surface area contributed by atoms with E-state index >= 15 is 0 Å². The number of esters is 1. The Morgan fingerprint density at radius 1 is 1.44 bits per heavy atom. The molecule has 0 aromatic carbocycles. The van der Waals surface area contributed by atoms with Crippen LogP contribution in [0.2, 0.25) is 0 Å². The summed E-state index contributed by atoms with van der Waals surface area (Å²) >= 11 is 0. The molecule has 0 bridgehead atoms. The minimum absolute atomic E-state index is 0.120. The lowest BCUT2D eigenvalue weighted by molar-refractivity contribution is -0.146. The van der Waals surface area contributed by atoms with Gasteiger partial charge in [-0.1, -0.05) is 13.3 Å². The molecule has 0 heterocycles. The van der Waals surface area contributed by atoms with Crippen molar-refractivity contribution in [3.05, 3.63) is 0 Å². The van der Waals surface area contributed by atoms with Gasteiger partial charge in [-0.2, -0.15) is 0 Å². The zero-order chi connectivity index (χ0) is 12.0. The summed E-state index contributed by atoms with van der Waals surface area (Å²) in [5.74, 6) is -0.120. The van der Waals surface area contributed by atoms with Gasteiger partial charge in [0.1, 0.15) is 6.04 Å². The highest BCUT2D eigenvalue weighted by atomic mass is 16.5. The van der Waals surface area contributed by atoms with Gasteiger partial charge in [-0.25, -0.2) is 0 Å². The summed E-state index contributed by atoms with van der Waals surface area (Å²) in [5.41, 5.74) is 0. The quantitative estimate of drug-likeness (QED) is 0.672. The number of hydrogen-bond acceptors (Lipinski definition) is 4. The Morgan fingerprint density at radius 3 is 2.62 bits per heavy atom. The summed E-state index contributed by atoms with van der Waals surface area (Å²) in [7, 11) is 1.73. The van der Waals surface area contributed by atoms with Crippen LogP contribution in [0.25, 0.3) is 0 Å². The fraction of sp³-hybridized carbons (Fsp3) is 0.917. The number of carbonyl (C=O) groups is 1. The van der Waals surface area contributed by atoms with Crippen molar-refractivity contribution < 1.29 is 14.3 Å². The third kappa shape index (κ3) is 3.76. The van der Waals surface area contributed by atoms with Crippen molar-refractivity contribution in [1.82, 2.24) is 5.32 Å². The van der Waals surface area contributed by atoms with Crippen molar-refractivity contribution in [3.63, 3.8) is 0 Å². The third-order valence-corrected chi connectivity index (χ3v) is 3.01. The van der Waals surface area contributed by atoms with Gasteiger partial charge < -0.3 is 14.8 Å². The van der Waals surface area contributed by atoms with E-state index in [1.807, 2.05) is 6.92 Å². The van der Waals surface area contributed by atoms with Crippen LogP contribution in [-0.4, -0.2) is 37.9 Å². The summed E-state index contributed by atoms with van der Waals surface area (Å²) in [5, 5.41) is 3.35. The number of hydrogen-bond donors (Lipinski definition) is 1. The molecular weight excluding hydrogens is 206 g/mol. The molecule has 1 aliphatic carbocycles. The van der Waals surface area contributed by atoms with Crippen molar-refractivity contribution in [3.8, 4) is 0 Å². The molecule has 4 nitrogen and oxygen atoms in total. The fourth-order valence-corrected chi connectivity index (χ4v) is 1.98. The maximum absolute atomic E-state index is 11.6. The fourth-order valence-electron chi connectivity index (χ4n) is 1.98. The molecule has 0 aromatic heterocycles. The molecule has 1 fully saturated rings. The van der Waals surface area contributed by atoms with Gasteiger partial charge in [0.25, 0.3) is 0 Å². The summed E-state index contributed by atoms with van der Waals surface area (Å²) < 4.78 is 10.3.